The van der Waals surface area contributed by atoms with Crippen molar-refractivity contribution in [2.45, 2.75) is 58.8 Å². The summed E-state index contributed by atoms with van der Waals surface area (Å²) in [5, 5.41) is 9.87. The Hall–Kier alpha value is -1.71. The van der Waals surface area contributed by atoms with E-state index in [1.807, 2.05) is 13.8 Å². The summed E-state index contributed by atoms with van der Waals surface area (Å²) >= 11 is 3.34. The molecule has 0 aliphatic carbocycles. The molecule has 0 amide bonds. The molecule has 0 aliphatic rings. The minimum absolute atomic E-state index is 0.0404. The maximum absolute atomic E-state index is 12.8. The number of ether oxygens (including phenoxy) is 1. The first-order valence-corrected chi connectivity index (χ1v) is 13.6. The largest absolute Gasteiger partial charge is 0.480 e. The van der Waals surface area contributed by atoms with Gasteiger partial charge in [0.15, 0.2) is 8.32 Å². The Balaban J connectivity index is 2.72. The van der Waals surface area contributed by atoms with Crippen molar-refractivity contribution >= 4 is 41.3 Å². The number of pyridine rings is 2. The normalized spacial score (nSPS) is 13.7. The predicted molar refractivity (Wildman–Crippen MR) is 124 cm³/mol. The van der Waals surface area contributed by atoms with Gasteiger partial charge in [0, 0.05) is 6.20 Å². The highest BCUT2D eigenvalue weighted by atomic mass is 79.9. The van der Waals surface area contributed by atoms with Gasteiger partial charge in [-0.25, -0.2) is 4.79 Å². The monoisotopic (exact) mass is 498 g/mol. The molecule has 0 aliphatic heterocycles. The summed E-state index contributed by atoms with van der Waals surface area (Å²) in [7, 11) is -0.537. The van der Waals surface area contributed by atoms with Crippen molar-refractivity contribution in [3.8, 4) is 5.88 Å². The third kappa shape index (κ3) is 4.78. The summed E-state index contributed by atoms with van der Waals surface area (Å²) in [6, 6.07) is 1.36. The number of fused-ring (bicyclic) bond motifs is 1. The van der Waals surface area contributed by atoms with Crippen LogP contribution in [0.15, 0.2) is 21.5 Å². The fourth-order valence-corrected chi connectivity index (χ4v) is 4.38. The fraction of sp³-hybridized carbons (Fsp3) is 0.571. The first kappa shape index (κ1) is 24.6. The van der Waals surface area contributed by atoms with Crippen molar-refractivity contribution in [3.05, 3.63) is 32.5 Å². The van der Waals surface area contributed by atoms with Gasteiger partial charge in [-0.1, -0.05) is 34.6 Å². The second kappa shape index (κ2) is 8.80. The van der Waals surface area contributed by atoms with E-state index in [0.717, 1.165) is 0 Å². The third-order valence-electron chi connectivity index (χ3n) is 5.90. The predicted octanol–water partition coefficient (Wildman–Crippen LogP) is 5.08. The number of methoxy groups -OCH3 is 1. The Kier molecular flexibility index (Phi) is 7.20. The number of aromatic carboxylic acids is 1. The fourth-order valence-electron chi connectivity index (χ4n) is 2.88. The lowest BCUT2D eigenvalue weighted by molar-refractivity contribution is 0.0694. The highest BCUT2D eigenvalue weighted by molar-refractivity contribution is 9.10. The van der Waals surface area contributed by atoms with Gasteiger partial charge < -0.3 is 18.8 Å². The summed E-state index contributed by atoms with van der Waals surface area (Å²) in [5.41, 5.74) is -0.487. The minimum Gasteiger partial charge on any atom is -0.480 e. The molecule has 7 nitrogen and oxygen atoms in total. The topological polar surface area (TPSA) is 90.6 Å². The molecule has 2 rings (SSSR count). The Morgan fingerprint density at radius 2 is 1.93 bits per heavy atom. The van der Waals surface area contributed by atoms with Crippen LogP contribution in [0, 0.1) is 5.92 Å². The van der Waals surface area contributed by atoms with Gasteiger partial charge in [-0.2, -0.15) is 4.98 Å². The molecule has 2 aromatic rings. The summed E-state index contributed by atoms with van der Waals surface area (Å²) in [6.07, 6.45) is 1.38. The van der Waals surface area contributed by atoms with Gasteiger partial charge in [-0.05, 0) is 46.0 Å². The Morgan fingerprint density at radius 3 is 2.40 bits per heavy atom. The van der Waals surface area contributed by atoms with E-state index in [0.29, 0.717) is 22.6 Å². The van der Waals surface area contributed by atoms with Gasteiger partial charge in [0.25, 0.3) is 0 Å². The molecule has 0 saturated carbocycles. The molecule has 1 N–H and O–H groups in total. The SMILES string of the molecule is COc1nc2c(cc1Br)c(=O)c(C(=O)O)cn2[C@H](CO[Si](C)(C)C(C)(C)C)C(C)C. The summed E-state index contributed by atoms with van der Waals surface area (Å²) < 4.78 is 14.0. The van der Waals surface area contributed by atoms with E-state index in [1.165, 1.54) is 13.3 Å². The highest BCUT2D eigenvalue weighted by Gasteiger charge is 2.38. The smallest absolute Gasteiger partial charge is 0.341 e. The number of rotatable bonds is 7. The van der Waals surface area contributed by atoms with Crippen LogP contribution in [0.1, 0.15) is 51.0 Å². The summed E-state index contributed by atoms with van der Waals surface area (Å²) in [6.45, 7) is 15.3. The van der Waals surface area contributed by atoms with E-state index < -0.39 is 19.7 Å². The van der Waals surface area contributed by atoms with Crippen LogP contribution in [0.3, 0.4) is 0 Å². The number of halogens is 1. The Morgan fingerprint density at radius 1 is 1.33 bits per heavy atom. The van der Waals surface area contributed by atoms with E-state index >= 15 is 0 Å². The number of carbonyl (C=O) groups is 1. The number of carboxylic acid groups (broad SMARTS) is 1. The van der Waals surface area contributed by atoms with Crippen molar-refractivity contribution in [1.29, 1.82) is 0 Å². The number of carboxylic acids is 1. The molecule has 30 heavy (non-hydrogen) atoms. The van der Waals surface area contributed by atoms with Gasteiger partial charge in [-0.15, -0.1) is 0 Å². The van der Waals surface area contributed by atoms with Crippen LogP contribution in [0.2, 0.25) is 18.1 Å². The second-order valence-corrected chi connectivity index (χ2v) is 15.0. The van der Waals surface area contributed by atoms with Gasteiger partial charge >= 0.3 is 5.97 Å². The average molecular weight is 499 g/mol. The Labute approximate surface area is 186 Å². The summed E-state index contributed by atoms with van der Waals surface area (Å²) in [4.78, 5) is 29.1. The second-order valence-electron chi connectivity index (χ2n) is 9.32. The highest BCUT2D eigenvalue weighted by Crippen LogP contribution is 2.38. The van der Waals surface area contributed by atoms with Gasteiger partial charge in [0.1, 0.15) is 11.2 Å². The van der Waals surface area contributed by atoms with Crippen molar-refractivity contribution in [2.24, 2.45) is 5.92 Å². The van der Waals surface area contributed by atoms with Crippen molar-refractivity contribution in [3.63, 3.8) is 0 Å². The Bertz CT molecular complexity index is 1010. The molecule has 0 unspecified atom stereocenters. The van der Waals surface area contributed by atoms with Crippen LogP contribution >= 0.6 is 15.9 Å². The van der Waals surface area contributed by atoms with Crippen molar-refractivity contribution < 1.29 is 19.1 Å². The lowest BCUT2D eigenvalue weighted by atomic mass is 10.0. The molecule has 0 radical (unpaired) electrons. The van der Waals surface area contributed by atoms with Crippen LogP contribution in [0.4, 0.5) is 0 Å². The molecule has 0 spiro atoms. The van der Waals surface area contributed by atoms with E-state index in [2.05, 4.69) is 54.8 Å². The lowest BCUT2D eigenvalue weighted by Crippen LogP contribution is -2.42. The van der Waals surface area contributed by atoms with E-state index in [9.17, 15) is 14.7 Å². The van der Waals surface area contributed by atoms with E-state index in [-0.39, 0.29) is 27.9 Å². The number of hydrogen-bond acceptors (Lipinski definition) is 5. The maximum Gasteiger partial charge on any atom is 0.341 e. The van der Waals surface area contributed by atoms with Gasteiger partial charge in [-0.3, -0.25) is 4.79 Å². The van der Waals surface area contributed by atoms with Gasteiger partial charge in [0.2, 0.25) is 11.3 Å². The molecule has 0 saturated heterocycles. The van der Waals surface area contributed by atoms with Crippen LogP contribution in [-0.4, -0.2) is 42.7 Å². The average Bonchev–Trinajstić information content (AvgIpc) is 2.61. The zero-order chi connectivity index (χ0) is 23.0. The summed E-state index contributed by atoms with van der Waals surface area (Å²) in [5.74, 6) is -0.833. The quantitative estimate of drug-likeness (QED) is 0.534. The van der Waals surface area contributed by atoms with Crippen LogP contribution in [0.25, 0.3) is 11.0 Å². The third-order valence-corrected chi connectivity index (χ3v) is 11.0. The standard InChI is InChI=1S/C21H31BrN2O5Si/c1-12(2)16(11-29-30(7,8)21(3,4)5)24-10-14(20(26)27)17(25)13-9-15(22)19(28-6)23-18(13)24/h9-10,12,16H,11H2,1-8H3,(H,26,27)/t16-/m1/s1. The van der Waals surface area contributed by atoms with E-state index in [1.54, 1.807) is 10.6 Å². The number of aromatic nitrogens is 2. The number of hydrogen-bond donors (Lipinski definition) is 1. The molecule has 2 aromatic heterocycles. The van der Waals surface area contributed by atoms with Crippen LogP contribution in [-0.2, 0) is 4.43 Å². The molecular formula is C21H31BrN2O5Si. The first-order valence-electron chi connectivity index (χ1n) is 9.88. The van der Waals surface area contributed by atoms with Crippen LogP contribution in [0.5, 0.6) is 5.88 Å². The molecule has 1 atom stereocenters. The molecule has 2 heterocycles. The molecule has 0 bridgehead atoms. The molecular weight excluding hydrogens is 468 g/mol. The maximum atomic E-state index is 12.8. The molecule has 0 fully saturated rings. The molecule has 166 valence electrons. The first-order chi connectivity index (χ1) is 13.7. The van der Waals surface area contributed by atoms with Crippen LogP contribution < -0.4 is 10.2 Å². The minimum atomic E-state index is -2.03. The van der Waals surface area contributed by atoms with Crippen molar-refractivity contribution in [2.75, 3.05) is 13.7 Å². The molecule has 9 heteroatoms. The van der Waals surface area contributed by atoms with E-state index in [4.69, 9.17) is 9.16 Å². The zero-order valence-electron chi connectivity index (χ0n) is 18.9. The van der Waals surface area contributed by atoms with Crippen molar-refractivity contribution in [1.82, 2.24) is 9.55 Å². The molecule has 0 aromatic carbocycles. The van der Waals surface area contributed by atoms with Gasteiger partial charge in [0.05, 0.1) is 29.6 Å². The number of nitrogens with zero attached hydrogens (tertiary/aromatic N) is 2. The zero-order valence-corrected chi connectivity index (χ0v) is 21.5. The lowest BCUT2D eigenvalue weighted by Gasteiger charge is -2.38.